The molecular formula is C16H15Cl2NO2. The summed E-state index contributed by atoms with van der Waals surface area (Å²) in [5, 5.41) is 0.953. The van der Waals surface area contributed by atoms with Crippen molar-refractivity contribution in [3.63, 3.8) is 0 Å². The lowest BCUT2D eigenvalue weighted by molar-refractivity contribution is 0.0472. The Morgan fingerprint density at radius 3 is 2.57 bits per heavy atom. The second kappa shape index (κ2) is 7.43. The highest BCUT2D eigenvalue weighted by Crippen LogP contribution is 2.15. The fourth-order valence-corrected chi connectivity index (χ4v) is 2.22. The zero-order valence-electron chi connectivity index (χ0n) is 11.6. The Balaban J connectivity index is 2.04. The highest BCUT2D eigenvalue weighted by atomic mass is 35.5. The molecule has 0 atom stereocenters. The normalized spacial score (nSPS) is 10.4. The molecule has 0 unspecified atom stereocenters. The van der Waals surface area contributed by atoms with Crippen molar-refractivity contribution in [3.8, 4) is 0 Å². The van der Waals surface area contributed by atoms with Gasteiger partial charge < -0.3 is 4.74 Å². The molecule has 0 spiro atoms. The summed E-state index contributed by atoms with van der Waals surface area (Å²) < 4.78 is 5.27. The van der Waals surface area contributed by atoms with E-state index in [-0.39, 0.29) is 6.61 Å². The fourth-order valence-electron chi connectivity index (χ4n) is 1.87. The molecule has 0 radical (unpaired) electrons. The highest BCUT2D eigenvalue weighted by molar-refractivity contribution is 6.30. The Morgan fingerprint density at radius 1 is 1.19 bits per heavy atom. The Labute approximate surface area is 133 Å². The molecule has 0 amide bonds. The smallest absolute Gasteiger partial charge is 0.338 e. The maximum absolute atomic E-state index is 12.1. The molecule has 0 bridgehead atoms. The van der Waals surface area contributed by atoms with E-state index in [1.807, 2.05) is 19.1 Å². The Morgan fingerprint density at radius 2 is 1.90 bits per heavy atom. The maximum atomic E-state index is 12.1. The van der Waals surface area contributed by atoms with Crippen LogP contribution in [0.2, 0.25) is 10.2 Å². The van der Waals surface area contributed by atoms with Crippen LogP contribution < -0.4 is 0 Å². The van der Waals surface area contributed by atoms with Crippen LogP contribution in [-0.4, -0.2) is 11.0 Å². The van der Waals surface area contributed by atoms with Gasteiger partial charge in [-0.1, -0.05) is 48.7 Å². The molecule has 1 heterocycles. The number of nitrogens with zero attached hydrogens (tertiary/aromatic N) is 1. The van der Waals surface area contributed by atoms with Crippen molar-refractivity contribution in [2.75, 3.05) is 0 Å². The lowest BCUT2D eigenvalue weighted by Crippen LogP contribution is -2.07. The molecule has 0 aliphatic heterocycles. The SMILES string of the molecule is CCCc1cc(C(=O)OCc2ccc(Cl)cc2)cc(Cl)n1. The van der Waals surface area contributed by atoms with Crippen LogP contribution >= 0.6 is 23.2 Å². The van der Waals surface area contributed by atoms with E-state index in [0.717, 1.165) is 24.1 Å². The van der Waals surface area contributed by atoms with Crippen molar-refractivity contribution in [2.24, 2.45) is 0 Å². The molecule has 21 heavy (non-hydrogen) atoms. The summed E-state index contributed by atoms with van der Waals surface area (Å²) in [5.74, 6) is -0.411. The average Bonchev–Trinajstić information content (AvgIpc) is 2.46. The number of rotatable bonds is 5. The number of aryl methyl sites for hydroxylation is 1. The van der Waals surface area contributed by atoms with Gasteiger partial charge in [0.05, 0.1) is 5.56 Å². The van der Waals surface area contributed by atoms with E-state index in [9.17, 15) is 4.79 Å². The molecular weight excluding hydrogens is 309 g/mol. The lowest BCUT2D eigenvalue weighted by atomic mass is 10.1. The van der Waals surface area contributed by atoms with E-state index in [4.69, 9.17) is 27.9 Å². The van der Waals surface area contributed by atoms with Gasteiger partial charge in [0.1, 0.15) is 11.8 Å². The van der Waals surface area contributed by atoms with E-state index in [0.29, 0.717) is 15.7 Å². The van der Waals surface area contributed by atoms with Gasteiger partial charge in [-0.05, 0) is 36.2 Å². The zero-order valence-corrected chi connectivity index (χ0v) is 13.1. The highest BCUT2D eigenvalue weighted by Gasteiger charge is 2.11. The standard InChI is InChI=1S/C16H15Cl2NO2/c1-2-3-14-8-12(9-15(18)19-14)16(20)21-10-11-4-6-13(17)7-5-11/h4-9H,2-3,10H2,1H3. The predicted molar refractivity (Wildman–Crippen MR) is 83.8 cm³/mol. The monoisotopic (exact) mass is 323 g/mol. The maximum Gasteiger partial charge on any atom is 0.338 e. The van der Waals surface area contributed by atoms with Crippen LogP contribution in [-0.2, 0) is 17.8 Å². The molecule has 0 aliphatic rings. The van der Waals surface area contributed by atoms with Gasteiger partial charge in [-0.25, -0.2) is 9.78 Å². The van der Waals surface area contributed by atoms with Gasteiger partial charge in [-0.2, -0.15) is 0 Å². The number of carbonyl (C=O) groups excluding carboxylic acids is 1. The number of pyridine rings is 1. The summed E-state index contributed by atoms with van der Waals surface area (Å²) in [4.78, 5) is 16.2. The molecule has 110 valence electrons. The average molecular weight is 324 g/mol. The number of hydrogen-bond donors (Lipinski definition) is 0. The van der Waals surface area contributed by atoms with Crippen LogP contribution in [0.5, 0.6) is 0 Å². The van der Waals surface area contributed by atoms with E-state index in [2.05, 4.69) is 4.98 Å². The Bertz CT molecular complexity index is 627. The van der Waals surface area contributed by atoms with Gasteiger partial charge in [-0.15, -0.1) is 0 Å². The van der Waals surface area contributed by atoms with Gasteiger partial charge in [-0.3, -0.25) is 0 Å². The van der Waals surface area contributed by atoms with Crippen molar-refractivity contribution in [1.29, 1.82) is 0 Å². The van der Waals surface area contributed by atoms with Crippen LogP contribution in [0, 0.1) is 0 Å². The van der Waals surface area contributed by atoms with Crippen LogP contribution in [0.3, 0.4) is 0 Å². The Kier molecular flexibility index (Phi) is 5.59. The summed E-state index contributed by atoms with van der Waals surface area (Å²) in [6.45, 7) is 2.24. The molecule has 3 nitrogen and oxygen atoms in total. The van der Waals surface area contributed by atoms with Crippen molar-refractivity contribution in [2.45, 2.75) is 26.4 Å². The predicted octanol–water partition coefficient (Wildman–Crippen LogP) is 4.70. The van der Waals surface area contributed by atoms with Crippen molar-refractivity contribution >= 4 is 29.2 Å². The first-order valence-electron chi connectivity index (χ1n) is 6.66. The van der Waals surface area contributed by atoms with Crippen molar-refractivity contribution in [3.05, 3.63) is 63.4 Å². The first-order valence-corrected chi connectivity index (χ1v) is 7.42. The van der Waals surface area contributed by atoms with E-state index < -0.39 is 5.97 Å². The van der Waals surface area contributed by atoms with Gasteiger partial charge in [0.15, 0.2) is 0 Å². The number of halogens is 2. The summed E-state index contributed by atoms with van der Waals surface area (Å²) in [6, 6.07) is 10.4. The quantitative estimate of drug-likeness (QED) is 0.591. The van der Waals surface area contributed by atoms with Crippen LogP contribution in [0.15, 0.2) is 36.4 Å². The molecule has 1 aromatic carbocycles. The van der Waals surface area contributed by atoms with Gasteiger partial charge >= 0.3 is 5.97 Å². The largest absolute Gasteiger partial charge is 0.457 e. The Hall–Kier alpha value is -1.58. The number of ether oxygens (including phenoxy) is 1. The fraction of sp³-hybridized carbons (Fsp3) is 0.250. The molecule has 2 aromatic rings. The molecule has 2 rings (SSSR count). The molecule has 5 heteroatoms. The third kappa shape index (κ3) is 4.73. The van der Waals surface area contributed by atoms with Crippen LogP contribution in [0.4, 0.5) is 0 Å². The summed E-state index contributed by atoms with van der Waals surface area (Å²) in [7, 11) is 0. The minimum atomic E-state index is -0.411. The summed E-state index contributed by atoms with van der Waals surface area (Å²) in [5.41, 5.74) is 2.09. The topological polar surface area (TPSA) is 39.2 Å². The molecule has 0 aliphatic carbocycles. The first-order chi connectivity index (χ1) is 10.1. The molecule has 0 N–H and O–H groups in total. The van der Waals surface area contributed by atoms with Crippen LogP contribution in [0.1, 0.15) is 35.0 Å². The first kappa shape index (κ1) is 15.8. The minimum Gasteiger partial charge on any atom is -0.457 e. The molecule has 1 aromatic heterocycles. The second-order valence-corrected chi connectivity index (χ2v) is 5.45. The molecule has 0 fully saturated rings. The summed E-state index contributed by atoms with van der Waals surface area (Å²) >= 11 is 11.7. The van der Waals surface area contributed by atoms with Crippen LogP contribution in [0.25, 0.3) is 0 Å². The minimum absolute atomic E-state index is 0.194. The van der Waals surface area contributed by atoms with Crippen molar-refractivity contribution < 1.29 is 9.53 Å². The van der Waals surface area contributed by atoms with E-state index in [1.165, 1.54) is 6.07 Å². The van der Waals surface area contributed by atoms with Gasteiger partial charge in [0.2, 0.25) is 0 Å². The second-order valence-electron chi connectivity index (χ2n) is 4.62. The molecule has 0 saturated heterocycles. The van der Waals surface area contributed by atoms with E-state index in [1.54, 1.807) is 18.2 Å². The number of carbonyl (C=O) groups is 1. The molecule has 0 saturated carbocycles. The third-order valence-electron chi connectivity index (χ3n) is 2.87. The lowest BCUT2D eigenvalue weighted by Gasteiger charge is -2.07. The van der Waals surface area contributed by atoms with Gasteiger partial charge in [0.25, 0.3) is 0 Å². The number of benzene rings is 1. The number of esters is 1. The van der Waals surface area contributed by atoms with Crippen molar-refractivity contribution in [1.82, 2.24) is 4.98 Å². The zero-order chi connectivity index (χ0) is 15.2. The number of aromatic nitrogens is 1. The van der Waals surface area contributed by atoms with E-state index >= 15 is 0 Å². The summed E-state index contributed by atoms with van der Waals surface area (Å²) in [6.07, 6.45) is 1.71. The van der Waals surface area contributed by atoms with Gasteiger partial charge in [0, 0.05) is 10.7 Å². The number of hydrogen-bond acceptors (Lipinski definition) is 3. The third-order valence-corrected chi connectivity index (χ3v) is 3.32.